The van der Waals surface area contributed by atoms with Gasteiger partial charge in [0.25, 0.3) is 0 Å². The van der Waals surface area contributed by atoms with Crippen LogP contribution in [0.15, 0.2) is 27.8 Å². The third-order valence-electron chi connectivity index (χ3n) is 6.03. The van der Waals surface area contributed by atoms with E-state index in [1.165, 1.54) is 38.8 Å². The summed E-state index contributed by atoms with van der Waals surface area (Å²) in [6.45, 7) is 5.88. The molecule has 3 aliphatic rings. The number of aliphatic imine (C=N–C) groups is 1. The van der Waals surface area contributed by atoms with Crippen molar-refractivity contribution in [3.63, 3.8) is 0 Å². The first-order valence-electron chi connectivity index (χ1n) is 10.0. The standard InChI is InChI=1S/C20H31N3O2.HI/c1-2-5-18-14-23(13-17(18)4-1)20(22-12-16-8-11-24-15-16)21-9-7-19-6-3-10-25-19;/h3,6,10,16-18H,1-2,4-5,7-9,11-15H2,(H,21,22);1H. The Hall–Kier alpha value is -0.760. The summed E-state index contributed by atoms with van der Waals surface area (Å²) in [6, 6.07) is 3.99. The summed E-state index contributed by atoms with van der Waals surface area (Å²) >= 11 is 0. The van der Waals surface area contributed by atoms with Crippen LogP contribution in [0.3, 0.4) is 0 Å². The average Bonchev–Trinajstić information content (AvgIpc) is 3.39. The van der Waals surface area contributed by atoms with E-state index in [-0.39, 0.29) is 24.0 Å². The Morgan fingerprint density at radius 2 is 2.00 bits per heavy atom. The number of hydrogen-bond donors (Lipinski definition) is 1. The Morgan fingerprint density at radius 3 is 2.65 bits per heavy atom. The van der Waals surface area contributed by atoms with Crippen molar-refractivity contribution >= 4 is 29.9 Å². The lowest BCUT2D eigenvalue weighted by molar-refractivity contribution is 0.187. The highest BCUT2D eigenvalue weighted by atomic mass is 127. The van der Waals surface area contributed by atoms with Crippen molar-refractivity contribution in [2.24, 2.45) is 22.7 Å². The van der Waals surface area contributed by atoms with E-state index in [2.05, 4.69) is 10.2 Å². The maximum Gasteiger partial charge on any atom is 0.193 e. The van der Waals surface area contributed by atoms with Crippen LogP contribution in [0.1, 0.15) is 37.9 Å². The van der Waals surface area contributed by atoms with Gasteiger partial charge < -0.3 is 19.4 Å². The number of ether oxygens (including phenoxy) is 1. The molecule has 1 saturated carbocycles. The van der Waals surface area contributed by atoms with Gasteiger partial charge in [-0.1, -0.05) is 12.8 Å². The molecule has 0 bridgehead atoms. The molecule has 146 valence electrons. The zero-order chi connectivity index (χ0) is 16.9. The van der Waals surface area contributed by atoms with E-state index in [1.54, 1.807) is 6.26 Å². The normalized spacial score (nSPS) is 28.7. The second-order valence-electron chi connectivity index (χ2n) is 7.86. The predicted molar refractivity (Wildman–Crippen MR) is 114 cm³/mol. The van der Waals surface area contributed by atoms with Crippen molar-refractivity contribution in [2.45, 2.75) is 38.5 Å². The Balaban J connectivity index is 0.00000196. The van der Waals surface area contributed by atoms with Crippen molar-refractivity contribution in [1.82, 2.24) is 10.2 Å². The second-order valence-corrected chi connectivity index (χ2v) is 7.86. The fourth-order valence-corrected chi connectivity index (χ4v) is 4.54. The van der Waals surface area contributed by atoms with Crippen LogP contribution in [0.4, 0.5) is 0 Å². The minimum absolute atomic E-state index is 0. The molecule has 0 aromatic carbocycles. The molecule has 3 heterocycles. The van der Waals surface area contributed by atoms with Crippen LogP contribution in [0.2, 0.25) is 0 Å². The van der Waals surface area contributed by atoms with Crippen LogP contribution in [0.25, 0.3) is 0 Å². The van der Waals surface area contributed by atoms with Gasteiger partial charge in [-0.25, -0.2) is 0 Å². The van der Waals surface area contributed by atoms with Crippen molar-refractivity contribution in [1.29, 1.82) is 0 Å². The van der Waals surface area contributed by atoms with Gasteiger partial charge in [0, 0.05) is 45.1 Å². The molecule has 2 aliphatic heterocycles. The topological polar surface area (TPSA) is 50.0 Å². The average molecular weight is 473 g/mol. The summed E-state index contributed by atoms with van der Waals surface area (Å²) < 4.78 is 11.0. The zero-order valence-electron chi connectivity index (χ0n) is 15.6. The van der Waals surface area contributed by atoms with Gasteiger partial charge in [-0.05, 0) is 43.2 Å². The highest BCUT2D eigenvalue weighted by Gasteiger charge is 2.35. The molecule has 1 aromatic heterocycles. The van der Waals surface area contributed by atoms with Crippen molar-refractivity contribution < 1.29 is 9.15 Å². The highest BCUT2D eigenvalue weighted by molar-refractivity contribution is 14.0. The lowest BCUT2D eigenvalue weighted by Crippen LogP contribution is -2.41. The van der Waals surface area contributed by atoms with E-state index < -0.39 is 0 Å². The summed E-state index contributed by atoms with van der Waals surface area (Å²) in [4.78, 5) is 7.50. The minimum Gasteiger partial charge on any atom is -0.469 e. The van der Waals surface area contributed by atoms with Crippen LogP contribution < -0.4 is 5.32 Å². The first kappa shape index (κ1) is 20.0. The Morgan fingerprint density at radius 1 is 1.19 bits per heavy atom. The molecule has 4 rings (SSSR count). The number of rotatable bonds is 5. The van der Waals surface area contributed by atoms with Gasteiger partial charge in [0.15, 0.2) is 5.96 Å². The van der Waals surface area contributed by atoms with Crippen LogP contribution >= 0.6 is 24.0 Å². The van der Waals surface area contributed by atoms with Crippen LogP contribution in [-0.2, 0) is 11.2 Å². The maximum absolute atomic E-state index is 5.51. The molecule has 0 radical (unpaired) electrons. The molecule has 1 aliphatic carbocycles. The number of likely N-dealkylation sites (tertiary alicyclic amines) is 1. The maximum atomic E-state index is 5.51. The molecule has 1 aromatic rings. The molecule has 1 N–H and O–H groups in total. The molecule has 0 spiro atoms. The molecule has 0 amide bonds. The van der Waals surface area contributed by atoms with Gasteiger partial charge in [-0.2, -0.15) is 0 Å². The Labute approximate surface area is 174 Å². The van der Waals surface area contributed by atoms with E-state index in [0.29, 0.717) is 5.92 Å². The van der Waals surface area contributed by atoms with Gasteiger partial charge in [-0.3, -0.25) is 4.99 Å². The highest BCUT2D eigenvalue weighted by Crippen LogP contribution is 2.36. The summed E-state index contributed by atoms with van der Waals surface area (Å²) in [5.41, 5.74) is 0. The molecular formula is C20H32IN3O2. The molecule has 5 nitrogen and oxygen atoms in total. The molecule has 2 saturated heterocycles. The SMILES string of the molecule is I.c1coc(CCNC(=NCC2CCOC2)N2CC3CCCCC3C2)c1. The molecule has 26 heavy (non-hydrogen) atoms. The quantitative estimate of drug-likeness (QED) is 0.404. The predicted octanol–water partition coefficient (Wildman–Crippen LogP) is 3.54. The van der Waals surface area contributed by atoms with E-state index in [4.69, 9.17) is 14.1 Å². The first-order chi connectivity index (χ1) is 12.4. The smallest absolute Gasteiger partial charge is 0.193 e. The number of furan rings is 1. The van der Waals surface area contributed by atoms with Crippen molar-refractivity contribution in [3.8, 4) is 0 Å². The molecular weight excluding hydrogens is 441 g/mol. The molecule has 3 unspecified atom stereocenters. The molecule has 3 atom stereocenters. The third kappa shape index (κ3) is 5.15. The number of nitrogens with one attached hydrogen (secondary N) is 1. The summed E-state index contributed by atoms with van der Waals surface area (Å²) in [5.74, 6) is 4.48. The van der Waals surface area contributed by atoms with Crippen LogP contribution in [0.5, 0.6) is 0 Å². The van der Waals surface area contributed by atoms with E-state index in [9.17, 15) is 0 Å². The van der Waals surface area contributed by atoms with Crippen LogP contribution in [0, 0.1) is 17.8 Å². The van der Waals surface area contributed by atoms with Gasteiger partial charge in [0.05, 0.1) is 12.9 Å². The largest absolute Gasteiger partial charge is 0.469 e. The number of guanidine groups is 1. The second kappa shape index (κ2) is 9.97. The van der Waals surface area contributed by atoms with E-state index >= 15 is 0 Å². The number of halogens is 1. The van der Waals surface area contributed by atoms with E-state index in [1.807, 2.05) is 12.1 Å². The Kier molecular flexibility index (Phi) is 7.66. The number of hydrogen-bond acceptors (Lipinski definition) is 3. The van der Waals surface area contributed by atoms with Gasteiger partial charge >= 0.3 is 0 Å². The lowest BCUT2D eigenvalue weighted by Gasteiger charge is -2.22. The van der Waals surface area contributed by atoms with Crippen LogP contribution in [-0.4, -0.2) is 50.3 Å². The summed E-state index contributed by atoms with van der Waals surface area (Å²) in [6.07, 6.45) is 9.41. The number of fused-ring (bicyclic) bond motifs is 1. The van der Waals surface area contributed by atoms with Crippen molar-refractivity contribution in [3.05, 3.63) is 24.2 Å². The molecule has 6 heteroatoms. The third-order valence-corrected chi connectivity index (χ3v) is 6.03. The fraction of sp³-hybridized carbons (Fsp3) is 0.750. The molecule has 3 fully saturated rings. The summed E-state index contributed by atoms with van der Waals surface area (Å²) in [5, 5.41) is 3.61. The monoisotopic (exact) mass is 473 g/mol. The lowest BCUT2D eigenvalue weighted by atomic mass is 9.82. The minimum atomic E-state index is 0. The van der Waals surface area contributed by atoms with Crippen molar-refractivity contribution in [2.75, 3.05) is 39.4 Å². The van der Waals surface area contributed by atoms with Gasteiger partial charge in [0.2, 0.25) is 0 Å². The zero-order valence-corrected chi connectivity index (χ0v) is 17.9. The fourth-order valence-electron chi connectivity index (χ4n) is 4.54. The summed E-state index contributed by atoms with van der Waals surface area (Å²) in [7, 11) is 0. The Bertz CT molecular complexity index is 543. The van der Waals surface area contributed by atoms with Gasteiger partial charge in [-0.15, -0.1) is 24.0 Å². The first-order valence-corrected chi connectivity index (χ1v) is 10.0. The van der Waals surface area contributed by atoms with Gasteiger partial charge in [0.1, 0.15) is 5.76 Å². The number of nitrogens with zero attached hydrogens (tertiary/aromatic N) is 2. The van der Waals surface area contributed by atoms with E-state index in [0.717, 1.165) is 62.7 Å².